The summed E-state index contributed by atoms with van der Waals surface area (Å²) in [6, 6.07) is 0.271. The normalized spacial score (nSPS) is 42.1. The van der Waals surface area contributed by atoms with E-state index in [-0.39, 0.29) is 11.9 Å². The van der Waals surface area contributed by atoms with Gasteiger partial charge < -0.3 is 10.4 Å². The molecule has 1 amide bonds. The highest BCUT2D eigenvalue weighted by Crippen LogP contribution is 2.65. The summed E-state index contributed by atoms with van der Waals surface area (Å²) in [6.07, 6.45) is 3.95. The molecular formula is C13H19NO3. The Labute approximate surface area is 101 Å². The van der Waals surface area contributed by atoms with Crippen LogP contribution < -0.4 is 5.32 Å². The van der Waals surface area contributed by atoms with E-state index in [1.807, 2.05) is 0 Å². The van der Waals surface area contributed by atoms with Crippen LogP contribution in [-0.2, 0) is 9.59 Å². The number of amides is 1. The fraction of sp³-hybridized carbons (Fsp3) is 0.846. The summed E-state index contributed by atoms with van der Waals surface area (Å²) in [7, 11) is 0. The van der Waals surface area contributed by atoms with E-state index in [0.717, 1.165) is 11.8 Å². The fourth-order valence-electron chi connectivity index (χ4n) is 3.95. The van der Waals surface area contributed by atoms with Crippen molar-refractivity contribution in [3.05, 3.63) is 0 Å². The van der Waals surface area contributed by atoms with E-state index in [9.17, 15) is 9.59 Å². The molecule has 3 fully saturated rings. The zero-order chi connectivity index (χ0) is 12.4. The van der Waals surface area contributed by atoms with E-state index >= 15 is 0 Å². The van der Waals surface area contributed by atoms with Crippen molar-refractivity contribution in [2.24, 2.45) is 29.1 Å². The molecule has 0 aromatic carbocycles. The summed E-state index contributed by atoms with van der Waals surface area (Å²) >= 11 is 0. The van der Waals surface area contributed by atoms with Crippen molar-refractivity contribution in [3.8, 4) is 0 Å². The minimum Gasteiger partial charge on any atom is -0.480 e. The van der Waals surface area contributed by atoms with Crippen LogP contribution in [0.4, 0.5) is 0 Å². The predicted octanol–water partition coefficient (Wildman–Crippen LogP) is 1.26. The molecule has 4 atom stereocenters. The van der Waals surface area contributed by atoms with Crippen molar-refractivity contribution in [1.82, 2.24) is 5.32 Å². The first-order chi connectivity index (χ1) is 7.93. The van der Waals surface area contributed by atoms with Gasteiger partial charge in [0.25, 0.3) is 0 Å². The molecule has 3 saturated carbocycles. The smallest absolute Gasteiger partial charge is 0.318 e. The Bertz CT molecular complexity index is 374. The fourth-order valence-corrected chi connectivity index (χ4v) is 3.95. The Kier molecular flexibility index (Phi) is 2.11. The number of carboxylic acids is 1. The average Bonchev–Trinajstić information content (AvgIpc) is 2.69. The lowest BCUT2D eigenvalue weighted by atomic mass is 9.92. The van der Waals surface area contributed by atoms with E-state index in [0.29, 0.717) is 11.8 Å². The SMILES string of the molecule is CC(C)(C(=O)O)C(=O)NC1C2C3CCC(C3)C12. The molecule has 3 aliphatic carbocycles. The Morgan fingerprint density at radius 3 is 2.18 bits per heavy atom. The molecular weight excluding hydrogens is 218 g/mol. The van der Waals surface area contributed by atoms with Crippen LogP contribution >= 0.6 is 0 Å². The number of nitrogens with one attached hydrogen (secondary N) is 1. The van der Waals surface area contributed by atoms with Gasteiger partial charge in [-0.15, -0.1) is 0 Å². The van der Waals surface area contributed by atoms with Crippen molar-refractivity contribution >= 4 is 11.9 Å². The number of carbonyl (C=O) groups excluding carboxylic acids is 1. The van der Waals surface area contributed by atoms with E-state index in [1.54, 1.807) is 0 Å². The standard InChI is InChI=1S/C13H19NO3/c1-13(2,12(16)17)11(15)14-10-8-6-3-4-7(5-6)9(8)10/h6-10H,3-5H2,1-2H3,(H,14,15)(H,16,17). The Hall–Kier alpha value is -1.06. The highest BCUT2D eigenvalue weighted by molar-refractivity contribution is 6.01. The first-order valence-electron chi connectivity index (χ1n) is 6.47. The first-order valence-corrected chi connectivity index (χ1v) is 6.47. The monoisotopic (exact) mass is 237 g/mol. The topological polar surface area (TPSA) is 66.4 Å². The summed E-state index contributed by atoms with van der Waals surface area (Å²) in [5.74, 6) is 1.52. The molecule has 4 nitrogen and oxygen atoms in total. The third kappa shape index (κ3) is 1.42. The quantitative estimate of drug-likeness (QED) is 0.726. The van der Waals surface area contributed by atoms with Crippen LogP contribution in [0.15, 0.2) is 0 Å². The third-order valence-electron chi connectivity index (χ3n) is 5.14. The number of carboxylic acid groups (broad SMARTS) is 1. The van der Waals surface area contributed by atoms with Crippen LogP contribution in [0.5, 0.6) is 0 Å². The minimum absolute atomic E-state index is 0.271. The number of rotatable bonds is 3. The molecule has 0 radical (unpaired) electrons. The first kappa shape index (κ1) is 11.1. The Morgan fingerprint density at radius 2 is 1.71 bits per heavy atom. The van der Waals surface area contributed by atoms with Gasteiger partial charge in [-0.25, -0.2) is 0 Å². The van der Waals surface area contributed by atoms with Gasteiger partial charge in [-0.1, -0.05) is 0 Å². The molecule has 0 aromatic heterocycles. The van der Waals surface area contributed by atoms with Gasteiger partial charge in [-0.2, -0.15) is 0 Å². The van der Waals surface area contributed by atoms with Crippen molar-refractivity contribution < 1.29 is 14.7 Å². The molecule has 2 bridgehead atoms. The largest absolute Gasteiger partial charge is 0.480 e. The molecule has 2 N–H and O–H groups in total. The maximum atomic E-state index is 11.9. The van der Waals surface area contributed by atoms with Gasteiger partial charge in [0.2, 0.25) is 5.91 Å². The number of aliphatic carboxylic acids is 1. The second-order valence-electron chi connectivity index (χ2n) is 6.42. The van der Waals surface area contributed by atoms with Crippen LogP contribution in [-0.4, -0.2) is 23.0 Å². The molecule has 4 unspecified atom stereocenters. The summed E-state index contributed by atoms with van der Waals surface area (Å²) < 4.78 is 0. The summed E-state index contributed by atoms with van der Waals surface area (Å²) in [5.41, 5.74) is -1.31. The van der Waals surface area contributed by atoms with Crippen molar-refractivity contribution in [2.45, 2.75) is 39.2 Å². The van der Waals surface area contributed by atoms with Gasteiger partial charge >= 0.3 is 5.97 Å². The molecule has 3 aliphatic rings. The lowest BCUT2D eigenvalue weighted by Gasteiger charge is -2.20. The third-order valence-corrected chi connectivity index (χ3v) is 5.14. The average molecular weight is 237 g/mol. The molecule has 94 valence electrons. The number of fused-ring (bicyclic) bond motifs is 5. The lowest BCUT2D eigenvalue weighted by Crippen LogP contribution is -2.44. The summed E-state index contributed by atoms with van der Waals surface area (Å²) in [4.78, 5) is 22.9. The zero-order valence-electron chi connectivity index (χ0n) is 10.3. The summed E-state index contributed by atoms with van der Waals surface area (Å²) in [6.45, 7) is 2.94. The van der Waals surface area contributed by atoms with Gasteiger partial charge in [-0.3, -0.25) is 9.59 Å². The summed E-state index contributed by atoms with van der Waals surface area (Å²) in [5, 5.41) is 12.0. The van der Waals surface area contributed by atoms with Crippen LogP contribution in [0, 0.1) is 29.1 Å². The molecule has 4 heteroatoms. The van der Waals surface area contributed by atoms with Gasteiger partial charge in [0, 0.05) is 6.04 Å². The highest BCUT2D eigenvalue weighted by atomic mass is 16.4. The minimum atomic E-state index is -1.31. The van der Waals surface area contributed by atoms with Crippen molar-refractivity contribution in [2.75, 3.05) is 0 Å². The van der Waals surface area contributed by atoms with Gasteiger partial charge in [0.1, 0.15) is 5.41 Å². The van der Waals surface area contributed by atoms with E-state index in [1.165, 1.54) is 33.1 Å². The van der Waals surface area contributed by atoms with E-state index < -0.39 is 11.4 Å². The zero-order valence-corrected chi connectivity index (χ0v) is 10.3. The number of hydrogen-bond acceptors (Lipinski definition) is 2. The predicted molar refractivity (Wildman–Crippen MR) is 61.2 cm³/mol. The van der Waals surface area contributed by atoms with E-state index in [4.69, 9.17) is 5.11 Å². The Morgan fingerprint density at radius 1 is 1.18 bits per heavy atom. The molecule has 0 aromatic rings. The van der Waals surface area contributed by atoms with Gasteiger partial charge in [0.15, 0.2) is 0 Å². The highest BCUT2D eigenvalue weighted by Gasteiger charge is 2.65. The maximum Gasteiger partial charge on any atom is 0.318 e. The Balaban J connectivity index is 1.63. The molecule has 3 rings (SSSR count). The van der Waals surface area contributed by atoms with Crippen molar-refractivity contribution in [3.63, 3.8) is 0 Å². The van der Waals surface area contributed by atoms with Crippen LogP contribution in [0.1, 0.15) is 33.1 Å². The van der Waals surface area contributed by atoms with Crippen LogP contribution in [0.2, 0.25) is 0 Å². The molecule has 0 spiro atoms. The van der Waals surface area contributed by atoms with Crippen molar-refractivity contribution in [1.29, 1.82) is 0 Å². The van der Waals surface area contributed by atoms with E-state index in [2.05, 4.69) is 5.32 Å². The second-order valence-corrected chi connectivity index (χ2v) is 6.42. The number of carbonyl (C=O) groups is 2. The lowest BCUT2D eigenvalue weighted by molar-refractivity contribution is -0.153. The maximum absolute atomic E-state index is 11.9. The second kappa shape index (κ2) is 3.24. The molecule has 17 heavy (non-hydrogen) atoms. The number of hydrogen-bond donors (Lipinski definition) is 2. The van der Waals surface area contributed by atoms with Gasteiger partial charge in [0.05, 0.1) is 0 Å². The molecule has 0 aliphatic heterocycles. The van der Waals surface area contributed by atoms with Gasteiger partial charge in [-0.05, 0) is 56.8 Å². The molecule has 0 saturated heterocycles. The van der Waals surface area contributed by atoms with Crippen LogP contribution in [0.25, 0.3) is 0 Å². The van der Waals surface area contributed by atoms with Crippen LogP contribution in [0.3, 0.4) is 0 Å². The molecule has 0 heterocycles.